The molecule has 3 rings (SSSR count). The molecule has 2 aromatic rings. The molecular formula is C23H26N2O4S. The Balaban J connectivity index is 2.27. The summed E-state index contributed by atoms with van der Waals surface area (Å²) in [5.41, 5.74) is 0.765. The first-order valence-corrected chi connectivity index (χ1v) is 11.5. The van der Waals surface area contributed by atoms with Crippen molar-refractivity contribution in [3.63, 3.8) is 0 Å². The molecule has 0 fully saturated rings. The first-order valence-electron chi connectivity index (χ1n) is 10.1. The van der Waals surface area contributed by atoms with E-state index in [1.54, 1.807) is 53.4 Å². The number of carbonyl (C=O) groups excluding carboxylic acids is 2. The molecule has 0 aliphatic heterocycles. The Labute approximate surface area is 177 Å². The zero-order valence-corrected chi connectivity index (χ0v) is 18.3. The van der Waals surface area contributed by atoms with Gasteiger partial charge in [0.25, 0.3) is 10.0 Å². The lowest BCUT2D eigenvalue weighted by Gasteiger charge is -2.32. The molecular weight excluding hydrogens is 400 g/mol. The van der Waals surface area contributed by atoms with Crippen molar-refractivity contribution in [1.29, 1.82) is 0 Å². The monoisotopic (exact) mass is 426 g/mol. The van der Waals surface area contributed by atoms with Crippen LogP contribution in [0.3, 0.4) is 0 Å². The molecule has 0 saturated carbocycles. The van der Waals surface area contributed by atoms with E-state index < -0.39 is 26.5 Å². The molecule has 0 aromatic heterocycles. The Morgan fingerprint density at radius 2 is 1.27 bits per heavy atom. The van der Waals surface area contributed by atoms with Gasteiger partial charge in [-0.1, -0.05) is 56.3 Å². The van der Waals surface area contributed by atoms with Gasteiger partial charge in [-0.05, 0) is 25.0 Å². The highest BCUT2D eigenvalue weighted by molar-refractivity contribution is 7.97. The molecule has 0 heterocycles. The van der Waals surface area contributed by atoms with Crippen LogP contribution in [0.1, 0.15) is 47.4 Å². The Morgan fingerprint density at radius 1 is 0.767 bits per heavy atom. The first-order chi connectivity index (χ1) is 14.3. The van der Waals surface area contributed by atoms with Crippen LogP contribution in [0.15, 0.2) is 65.2 Å². The van der Waals surface area contributed by atoms with E-state index in [0.29, 0.717) is 31.6 Å². The maximum Gasteiger partial charge on any atom is 0.270 e. The summed E-state index contributed by atoms with van der Waals surface area (Å²) in [6.07, 6.45) is 1.43. The largest absolute Gasteiger partial charge is 0.367 e. The van der Waals surface area contributed by atoms with Crippen LogP contribution in [0, 0.1) is 0 Å². The number of para-hydroxylation sites is 1. The van der Waals surface area contributed by atoms with Crippen LogP contribution in [0.25, 0.3) is 0 Å². The molecule has 30 heavy (non-hydrogen) atoms. The second-order valence-corrected chi connectivity index (χ2v) is 9.08. The van der Waals surface area contributed by atoms with Crippen LogP contribution >= 0.6 is 0 Å². The van der Waals surface area contributed by atoms with Crippen LogP contribution in [-0.4, -0.2) is 45.0 Å². The van der Waals surface area contributed by atoms with E-state index in [-0.39, 0.29) is 16.8 Å². The molecule has 0 unspecified atom stereocenters. The standard InChI is InChI=1S/C23H26N2O4S/c1-4-15-25(16-5-2)20-21(26)18-13-9-10-14-19(18)22(27)23(20)30(28,29)24(3)17-11-7-6-8-12-17/h6-14H,4-5,15-16H2,1-3H3. The van der Waals surface area contributed by atoms with Crippen molar-refractivity contribution >= 4 is 27.3 Å². The highest BCUT2D eigenvalue weighted by Gasteiger charge is 2.42. The van der Waals surface area contributed by atoms with Crippen molar-refractivity contribution < 1.29 is 18.0 Å². The lowest BCUT2D eigenvalue weighted by atomic mass is 9.91. The number of hydrogen-bond acceptors (Lipinski definition) is 5. The van der Waals surface area contributed by atoms with E-state index in [1.165, 1.54) is 13.1 Å². The number of benzene rings is 2. The molecule has 0 radical (unpaired) electrons. The van der Waals surface area contributed by atoms with Crippen molar-refractivity contribution in [3.8, 4) is 0 Å². The van der Waals surface area contributed by atoms with E-state index in [4.69, 9.17) is 0 Å². The van der Waals surface area contributed by atoms with Crippen LogP contribution in [0.2, 0.25) is 0 Å². The number of rotatable bonds is 8. The van der Waals surface area contributed by atoms with Crippen molar-refractivity contribution in [2.45, 2.75) is 26.7 Å². The van der Waals surface area contributed by atoms with Gasteiger partial charge in [0.15, 0.2) is 4.91 Å². The molecule has 0 bridgehead atoms. The van der Waals surface area contributed by atoms with Gasteiger partial charge in [0.2, 0.25) is 11.6 Å². The summed E-state index contributed by atoms with van der Waals surface area (Å²) < 4.78 is 28.4. The van der Waals surface area contributed by atoms with Crippen LogP contribution in [0.4, 0.5) is 5.69 Å². The van der Waals surface area contributed by atoms with Gasteiger partial charge in [-0.25, -0.2) is 8.42 Å². The van der Waals surface area contributed by atoms with Gasteiger partial charge in [-0.3, -0.25) is 13.9 Å². The molecule has 158 valence electrons. The summed E-state index contributed by atoms with van der Waals surface area (Å²) in [5.74, 6) is -1.06. The van der Waals surface area contributed by atoms with Gasteiger partial charge < -0.3 is 4.90 Å². The Kier molecular flexibility index (Phi) is 6.41. The summed E-state index contributed by atoms with van der Waals surface area (Å²) in [4.78, 5) is 28.2. The van der Waals surface area contributed by atoms with E-state index >= 15 is 0 Å². The highest BCUT2D eigenvalue weighted by Crippen LogP contribution is 2.34. The molecule has 0 atom stereocenters. The molecule has 7 heteroatoms. The third-order valence-electron chi connectivity index (χ3n) is 5.09. The first kappa shape index (κ1) is 21.8. The number of hydrogen-bond donors (Lipinski definition) is 0. The second-order valence-electron chi connectivity index (χ2n) is 7.18. The molecule has 0 N–H and O–H groups in total. The van der Waals surface area contributed by atoms with Crippen molar-refractivity contribution in [2.75, 3.05) is 24.4 Å². The average molecular weight is 427 g/mol. The van der Waals surface area contributed by atoms with E-state index in [2.05, 4.69) is 0 Å². The summed E-state index contributed by atoms with van der Waals surface area (Å²) in [6.45, 7) is 4.88. The number of Topliss-reactive ketones (excluding diaryl/α,β-unsaturated/α-hetero) is 2. The normalized spacial score (nSPS) is 14.0. The van der Waals surface area contributed by atoms with E-state index in [9.17, 15) is 18.0 Å². The number of sulfonamides is 1. The number of fused-ring (bicyclic) bond motifs is 1. The molecule has 6 nitrogen and oxygen atoms in total. The van der Waals surface area contributed by atoms with Gasteiger partial charge in [0.1, 0.15) is 5.70 Å². The number of anilines is 1. The Hall–Kier alpha value is -2.93. The molecule has 0 saturated heterocycles. The minimum Gasteiger partial charge on any atom is -0.367 e. The van der Waals surface area contributed by atoms with Crippen LogP contribution in [0.5, 0.6) is 0 Å². The lowest BCUT2D eigenvalue weighted by molar-refractivity contribution is 0.0946. The third kappa shape index (κ3) is 3.77. The topological polar surface area (TPSA) is 74.8 Å². The third-order valence-corrected chi connectivity index (χ3v) is 6.92. The fraction of sp³-hybridized carbons (Fsp3) is 0.304. The van der Waals surface area contributed by atoms with Crippen molar-refractivity contribution in [3.05, 3.63) is 76.3 Å². The number of carbonyl (C=O) groups is 2. The molecule has 0 spiro atoms. The second kappa shape index (κ2) is 8.83. The number of ketones is 2. The summed E-state index contributed by atoms with van der Waals surface area (Å²) in [5, 5.41) is 0. The van der Waals surface area contributed by atoms with Gasteiger partial charge in [-0.15, -0.1) is 0 Å². The van der Waals surface area contributed by atoms with Gasteiger partial charge in [-0.2, -0.15) is 0 Å². The van der Waals surface area contributed by atoms with Gasteiger partial charge in [0.05, 0.1) is 5.69 Å². The smallest absolute Gasteiger partial charge is 0.270 e. The zero-order chi connectivity index (χ0) is 21.9. The maximum absolute atomic E-state index is 13.6. The summed E-state index contributed by atoms with van der Waals surface area (Å²) >= 11 is 0. The highest BCUT2D eigenvalue weighted by atomic mass is 32.2. The number of nitrogens with zero attached hydrogens (tertiary/aromatic N) is 2. The summed E-state index contributed by atoms with van der Waals surface area (Å²) in [6, 6.07) is 14.9. The predicted molar refractivity (Wildman–Crippen MR) is 118 cm³/mol. The molecule has 2 aromatic carbocycles. The van der Waals surface area contributed by atoms with Crippen LogP contribution in [-0.2, 0) is 10.0 Å². The van der Waals surface area contributed by atoms with Gasteiger partial charge in [0, 0.05) is 31.3 Å². The molecule has 0 amide bonds. The Morgan fingerprint density at radius 3 is 1.80 bits per heavy atom. The molecule has 1 aliphatic rings. The lowest BCUT2D eigenvalue weighted by Crippen LogP contribution is -2.41. The summed E-state index contributed by atoms with van der Waals surface area (Å²) in [7, 11) is -2.87. The SMILES string of the molecule is CCCN(CCC)C1=C(S(=O)(=O)N(C)c2ccccc2)C(=O)c2ccccc2C1=O. The minimum atomic E-state index is -4.27. The maximum atomic E-state index is 13.6. The van der Waals surface area contributed by atoms with Gasteiger partial charge >= 0.3 is 0 Å². The van der Waals surface area contributed by atoms with E-state index in [1.807, 2.05) is 13.8 Å². The molecule has 1 aliphatic carbocycles. The fourth-order valence-corrected chi connectivity index (χ4v) is 5.14. The zero-order valence-electron chi connectivity index (χ0n) is 17.5. The average Bonchev–Trinajstić information content (AvgIpc) is 2.76. The number of allylic oxidation sites excluding steroid dienone is 2. The van der Waals surface area contributed by atoms with Crippen molar-refractivity contribution in [1.82, 2.24) is 4.90 Å². The van der Waals surface area contributed by atoms with Crippen LogP contribution < -0.4 is 4.31 Å². The quantitative estimate of drug-likeness (QED) is 0.641. The Bertz CT molecular complexity index is 1090. The van der Waals surface area contributed by atoms with E-state index in [0.717, 1.165) is 4.31 Å². The van der Waals surface area contributed by atoms with Crippen molar-refractivity contribution in [2.24, 2.45) is 0 Å². The fourth-order valence-electron chi connectivity index (χ4n) is 3.66. The predicted octanol–water partition coefficient (Wildman–Crippen LogP) is 3.87. The minimum absolute atomic E-state index is 0.0230.